The number of aromatic nitrogens is 2. The highest BCUT2D eigenvalue weighted by Gasteiger charge is 2.09. The van der Waals surface area contributed by atoms with Gasteiger partial charge in [-0.3, -0.25) is 9.48 Å². The first kappa shape index (κ1) is 14.5. The van der Waals surface area contributed by atoms with Crippen LogP contribution in [0.3, 0.4) is 0 Å². The minimum Gasteiger partial charge on any atom is -0.478 e. The third kappa shape index (κ3) is 3.56. The first-order valence-electron chi connectivity index (χ1n) is 6.25. The van der Waals surface area contributed by atoms with Crippen LogP contribution in [-0.2, 0) is 11.8 Å². The molecule has 1 aromatic heterocycles. The van der Waals surface area contributed by atoms with Crippen molar-refractivity contribution in [2.24, 2.45) is 7.05 Å². The van der Waals surface area contributed by atoms with E-state index < -0.39 is 5.97 Å². The molecule has 1 N–H and O–H groups in total. The molecule has 1 amide bonds. The number of carboxylic acids is 1. The van der Waals surface area contributed by atoms with E-state index >= 15 is 0 Å². The molecule has 0 unspecified atom stereocenters. The van der Waals surface area contributed by atoms with Crippen LogP contribution in [0.1, 0.15) is 15.9 Å². The lowest BCUT2D eigenvalue weighted by Crippen LogP contribution is -2.23. The molecule has 6 nitrogen and oxygen atoms in total. The molecule has 1 heterocycles. The Morgan fingerprint density at radius 2 is 1.95 bits per heavy atom. The molecule has 0 atom stereocenters. The number of aromatic carboxylic acids is 1. The molecule has 1 aromatic carbocycles. The average Bonchev–Trinajstić information content (AvgIpc) is 2.89. The van der Waals surface area contributed by atoms with Gasteiger partial charge in [-0.1, -0.05) is 0 Å². The second kappa shape index (κ2) is 6.04. The minimum absolute atomic E-state index is 0.186. The van der Waals surface area contributed by atoms with E-state index in [0.29, 0.717) is 5.69 Å². The van der Waals surface area contributed by atoms with Crippen molar-refractivity contribution < 1.29 is 14.7 Å². The number of hydrogen-bond acceptors (Lipinski definition) is 3. The smallest absolute Gasteiger partial charge is 0.335 e. The first-order valence-corrected chi connectivity index (χ1v) is 6.25. The first-order chi connectivity index (χ1) is 9.97. The van der Waals surface area contributed by atoms with Gasteiger partial charge in [-0.15, -0.1) is 0 Å². The molecule has 6 heteroatoms. The Bertz CT molecular complexity index is 686. The zero-order chi connectivity index (χ0) is 15.4. The second-order valence-electron chi connectivity index (χ2n) is 4.53. The number of hydrogen-bond donors (Lipinski definition) is 1. The highest BCUT2D eigenvalue weighted by atomic mass is 16.4. The Balaban J connectivity index is 2.08. The van der Waals surface area contributed by atoms with Gasteiger partial charge in [0.25, 0.3) is 5.91 Å². The predicted molar refractivity (Wildman–Crippen MR) is 79.1 cm³/mol. The lowest BCUT2D eigenvalue weighted by molar-refractivity contribution is -0.113. The van der Waals surface area contributed by atoms with Crippen molar-refractivity contribution in [1.29, 1.82) is 0 Å². The SMILES string of the molecule is CN(C(=O)/C=C/c1cnn(C)c1)c1ccc(C(=O)O)cc1. The molecule has 0 bridgehead atoms. The average molecular weight is 285 g/mol. The van der Waals surface area contributed by atoms with Crippen LogP contribution in [0.25, 0.3) is 6.08 Å². The lowest BCUT2D eigenvalue weighted by Gasteiger charge is -2.15. The summed E-state index contributed by atoms with van der Waals surface area (Å²) in [6, 6.07) is 6.12. The molecular formula is C15H15N3O3. The van der Waals surface area contributed by atoms with Gasteiger partial charge in [0.2, 0.25) is 0 Å². The van der Waals surface area contributed by atoms with Gasteiger partial charge in [0.15, 0.2) is 0 Å². The van der Waals surface area contributed by atoms with E-state index in [0.717, 1.165) is 5.56 Å². The number of carbonyl (C=O) groups is 2. The summed E-state index contributed by atoms with van der Waals surface area (Å²) < 4.78 is 1.65. The molecular weight excluding hydrogens is 270 g/mol. The van der Waals surface area contributed by atoms with E-state index in [9.17, 15) is 9.59 Å². The van der Waals surface area contributed by atoms with Gasteiger partial charge in [0.1, 0.15) is 0 Å². The highest BCUT2D eigenvalue weighted by Crippen LogP contribution is 2.14. The summed E-state index contributed by atoms with van der Waals surface area (Å²) in [7, 11) is 3.43. The van der Waals surface area contributed by atoms with Crippen molar-refractivity contribution in [3.8, 4) is 0 Å². The molecule has 0 saturated heterocycles. The maximum atomic E-state index is 12.0. The van der Waals surface area contributed by atoms with Gasteiger partial charge < -0.3 is 10.0 Å². The van der Waals surface area contributed by atoms with Gasteiger partial charge in [-0.05, 0) is 30.3 Å². The van der Waals surface area contributed by atoms with Gasteiger partial charge in [0.05, 0.1) is 11.8 Å². The summed E-state index contributed by atoms with van der Waals surface area (Å²) in [5.74, 6) is -1.20. The van der Waals surface area contributed by atoms with Crippen LogP contribution in [-0.4, -0.2) is 33.8 Å². The van der Waals surface area contributed by atoms with E-state index in [1.807, 2.05) is 0 Å². The molecule has 0 spiro atoms. The van der Waals surface area contributed by atoms with Crippen molar-refractivity contribution >= 4 is 23.6 Å². The Morgan fingerprint density at radius 3 is 2.48 bits per heavy atom. The van der Waals surface area contributed by atoms with E-state index in [2.05, 4.69) is 5.10 Å². The highest BCUT2D eigenvalue weighted by molar-refractivity contribution is 6.03. The van der Waals surface area contributed by atoms with Gasteiger partial charge in [-0.2, -0.15) is 5.10 Å². The third-order valence-electron chi connectivity index (χ3n) is 2.98. The number of likely N-dealkylation sites (N-methyl/N-ethyl adjacent to an activating group) is 1. The Hall–Kier alpha value is -2.89. The largest absolute Gasteiger partial charge is 0.478 e. The molecule has 0 saturated carbocycles. The number of aryl methyl sites for hydroxylation is 1. The summed E-state index contributed by atoms with van der Waals surface area (Å²) in [5.41, 5.74) is 1.65. The number of amides is 1. The standard InChI is InChI=1S/C15H15N3O3/c1-17-10-11(9-16-17)3-8-14(19)18(2)13-6-4-12(5-7-13)15(20)21/h3-10H,1-2H3,(H,20,21)/b8-3+. The number of nitrogens with zero attached hydrogens (tertiary/aromatic N) is 3. The van der Waals surface area contributed by atoms with Gasteiger partial charge in [0, 0.05) is 37.6 Å². The molecule has 0 radical (unpaired) electrons. The Morgan fingerprint density at radius 1 is 1.29 bits per heavy atom. The van der Waals surface area contributed by atoms with Crippen LogP contribution in [0.2, 0.25) is 0 Å². The molecule has 2 aromatic rings. The minimum atomic E-state index is -0.994. The fourth-order valence-electron chi connectivity index (χ4n) is 1.76. The van der Waals surface area contributed by atoms with Crippen molar-refractivity contribution in [2.75, 3.05) is 11.9 Å². The second-order valence-corrected chi connectivity index (χ2v) is 4.53. The molecule has 2 rings (SSSR count). The monoisotopic (exact) mass is 285 g/mol. The third-order valence-corrected chi connectivity index (χ3v) is 2.98. The summed E-state index contributed by atoms with van der Waals surface area (Å²) in [4.78, 5) is 24.3. The van der Waals surface area contributed by atoms with Crippen molar-refractivity contribution in [3.05, 3.63) is 53.9 Å². The van der Waals surface area contributed by atoms with Crippen LogP contribution in [0.5, 0.6) is 0 Å². The number of carbonyl (C=O) groups excluding carboxylic acids is 1. The van der Waals surface area contributed by atoms with E-state index in [1.165, 1.54) is 23.1 Å². The van der Waals surface area contributed by atoms with Crippen LogP contribution in [0.15, 0.2) is 42.7 Å². The molecule has 21 heavy (non-hydrogen) atoms. The molecule has 0 fully saturated rings. The lowest BCUT2D eigenvalue weighted by atomic mass is 10.2. The van der Waals surface area contributed by atoms with Crippen molar-refractivity contribution in [3.63, 3.8) is 0 Å². The zero-order valence-electron chi connectivity index (χ0n) is 11.7. The Labute approximate surface area is 121 Å². The maximum Gasteiger partial charge on any atom is 0.335 e. The molecule has 0 aliphatic heterocycles. The number of benzene rings is 1. The predicted octanol–water partition coefficient (Wildman–Crippen LogP) is 1.79. The van der Waals surface area contributed by atoms with Crippen LogP contribution < -0.4 is 4.90 Å². The topological polar surface area (TPSA) is 75.4 Å². The summed E-state index contributed by atoms with van der Waals surface area (Å²) in [5, 5.41) is 12.8. The van der Waals surface area contributed by atoms with Gasteiger partial charge in [-0.25, -0.2) is 4.79 Å². The number of carboxylic acid groups (broad SMARTS) is 1. The van der Waals surface area contributed by atoms with E-state index in [-0.39, 0.29) is 11.5 Å². The number of rotatable bonds is 4. The van der Waals surface area contributed by atoms with Crippen LogP contribution in [0, 0.1) is 0 Å². The number of anilines is 1. The Kier molecular flexibility index (Phi) is 4.18. The molecule has 0 aliphatic rings. The van der Waals surface area contributed by atoms with Crippen molar-refractivity contribution in [2.45, 2.75) is 0 Å². The summed E-state index contributed by atoms with van der Waals surface area (Å²) in [6.45, 7) is 0. The maximum absolute atomic E-state index is 12.0. The summed E-state index contributed by atoms with van der Waals surface area (Å²) >= 11 is 0. The van der Waals surface area contributed by atoms with E-state index in [1.54, 1.807) is 49.4 Å². The summed E-state index contributed by atoms with van der Waals surface area (Å²) in [6.07, 6.45) is 6.58. The van der Waals surface area contributed by atoms with Crippen molar-refractivity contribution in [1.82, 2.24) is 9.78 Å². The van der Waals surface area contributed by atoms with Crippen LogP contribution in [0.4, 0.5) is 5.69 Å². The normalized spacial score (nSPS) is 10.8. The quantitative estimate of drug-likeness (QED) is 0.869. The van der Waals surface area contributed by atoms with Gasteiger partial charge >= 0.3 is 5.97 Å². The molecule has 0 aliphatic carbocycles. The molecule has 108 valence electrons. The fraction of sp³-hybridized carbons (Fsp3) is 0.133. The van der Waals surface area contributed by atoms with E-state index in [4.69, 9.17) is 5.11 Å². The van der Waals surface area contributed by atoms with Crippen LogP contribution >= 0.6 is 0 Å². The zero-order valence-corrected chi connectivity index (χ0v) is 11.7. The fourth-order valence-corrected chi connectivity index (χ4v) is 1.76.